The third-order valence-corrected chi connectivity index (χ3v) is 26.9. The second kappa shape index (κ2) is 33.4. The van der Waals surface area contributed by atoms with Crippen LogP contribution in [0.3, 0.4) is 0 Å². The van der Waals surface area contributed by atoms with E-state index in [1.54, 1.807) is 12.2 Å². The zero-order valence-corrected chi connectivity index (χ0v) is 67.3. The van der Waals surface area contributed by atoms with E-state index in [1.807, 2.05) is 108 Å². The molecule has 8 heteroatoms. The maximum atomic E-state index is 14.7. The van der Waals surface area contributed by atoms with E-state index in [0.29, 0.717) is 44.5 Å². The van der Waals surface area contributed by atoms with Crippen LogP contribution < -0.4 is 0 Å². The number of unbranched alkanes of at least 4 members (excludes halogenated alkanes) is 12. The summed E-state index contributed by atoms with van der Waals surface area (Å²) >= 11 is 3.87. The first kappa shape index (κ1) is 76.1. The number of Topliss-reactive ketones (excluding diaryl/α,β-unsaturated/α-hetero) is 2. The maximum Gasteiger partial charge on any atom is 0.270 e. The number of rotatable bonds is 28. The van der Waals surface area contributed by atoms with E-state index in [2.05, 4.69) is 195 Å². The lowest BCUT2D eigenvalue weighted by Crippen LogP contribution is -2.29. The normalized spacial score (nSPS) is 15.7. The Hall–Kier alpha value is -11.9. The highest BCUT2D eigenvalue weighted by molar-refractivity contribution is 7.32. The van der Waals surface area contributed by atoms with Gasteiger partial charge in [0, 0.05) is 54.3 Å². The van der Waals surface area contributed by atoms with Gasteiger partial charge in [-0.25, -0.2) is 20.2 Å². The Balaban J connectivity index is 0.916. The summed E-state index contributed by atoms with van der Waals surface area (Å²) in [6, 6.07) is 80.2. The van der Waals surface area contributed by atoms with Crippen LogP contribution in [-0.4, -0.2) is 11.6 Å². The summed E-state index contributed by atoms with van der Waals surface area (Å²) in [6.07, 6.45) is 34.5. The Morgan fingerprint density at radius 2 is 0.684 bits per heavy atom. The molecule has 4 aliphatic carbocycles. The molecule has 4 aliphatic rings. The maximum absolute atomic E-state index is 14.7. The minimum absolute atomic E-state index is 0.109. The van der Waals surface area contributed by atoms with E-state index < -0.39 is 10.8 Å². The lowest BCUT2D eigenvalue weighted by molar-refractivity contribution is 0.103. The minimum Gasteiger partial charge on any atom is -0.289 e. The van der Waals surface area contributed by atoms with Crippen LogP contribution >= 0.6 is 22.7 Å². The van der Waals surface area contributed by atoms with Crippen LogP contribution in [0.2, 0.25) is 0 Å². The Morgan fingerprint density at radius 1 is 0.377 bits per heavy atom. The summed E-state index contributed by atoms with van der Waals surface area (Å²) in [6.45, 7) is 25.4. The molecule has 0 amide bonds. The van der Waals surface area contributed by atoms with Crippen molar-refractivity contribution < 1.29 is 9.59 Å². The SMILES string of the molecule is [C-]#[N+]C(C#N)=C1/C(=C/C=C/c2ccc3c(c2)C(c2ccc(CCCCCC)cc2)(c2ccc(CCCCCC)cc2)c2c-3sc3c4c(sc23)-c2ccc(/C=C/C=C3\C(=O)c5cc6ccccc6cc5\C3=C(\C#N)[N+]#[C-])cc2C4(c2ccc(CCCCCC)cc2)c2ccc(CCCCCC)cc2)C(=O)c2cc3ccccc3cc21. The minimum atomic E-state index is -0.815. The first-order valence-corrected chi connectivity index (χ1v) is 42.9. The fourth-order valence-electron chi connectivity index (χ4n) is 18.5. The Kier molecular flexibility index (Phi) is 22.3. The van der Waals surface area contributed by atoms with Gasteiger partial charge in [0.15, 0.2) is 11.6 Å². The zero-order chi connectivity index (χ0) is 78.5. The van der Waals surface area contributed by atoms with Crippen molar-refractivity contribution in [2.24, 2.45) is 0 Å². The van der Waals surface area contributed by atoms with Crippen LogP contribution in [0.25, 0.3) is 84.8 Å². The number of hydrogen-bond donors (Lipinski definition) is 0. The number of hydrogen-bond acceptors (Lipinski definition) is 6. The molecule has 0 aliphatic heterocycles. The average molecular weight is 1520 g/mol. The number of nitriles is 2. The number of nitrogens with zero attached hydrogens (tertiary/aromatic N) is 4. The molecule has 0 atom stereocenters. The summed E-state index contributed by atoms with van der Waals surface area (Å²) in [4.78, 5) is 39.3. The van der Waals surface area contributed by atoms with Crippen molar-refractivity contribution in [2.45, 2.75) is 167 Å². The summed E-state index contributed by atoms with van der Waals surface area (Å²) in [5.41, 5.74) is 21.1. The number of thiophene rings is 2. The number of carbonyl (C=O) groups is 2. The molecule has 560 valence electrons. The van der Waals surface area contributed by atoms with Crippen LogP contribution in [0, 0.1) is 35.8 Å². The molecule has 114 heavy (non-hydrogen) atoms. The predicted molar refractivity (Wildman–Crippen MR) is 475 cm³/mol. The van der Waals surface area contributed by atoms with Crippen molar-refractivity contribution in [1.82, 2.24) is 0 Å². The monoisotopic (exact) mass is 1520 g/mol. The molecule has 0 radical (unpaired) electrons. The van der Waals surface area contributed by atoms with Crippen LogP contribution in [-0.2, 0) is 36.5 Å². The van der Waals surface area contributed by atoms with E-state index in [9.17, 15) is 20.1 Å². The topological polar surface area (TPSA) is 90.4 Å². The molecule has 2 aromatic heterocycles. The first-order valence-electron chi connectivity index (χ1n) is 41.3. The molecule has 6 nitrogen and oxygen atoms in total. The summed E-state index contributed by atoms with van der Waals surface area (Å²) in [5, 5.41) is 24.6. The molecule has 0 N–H and O–H groups in total. The Bertz CT molecular complexity index is 5650. The zero-order valence-electron chi connectivity index (χ0n) is 65.7. The smallest absolute Gasteiger partial charge is 0.270 e. The third kappa shape index (κ3) is 13.7. The van der Waals surface area contributed by atoms with Crippen molar-refractivity contribution in [2.75, 3.05) is 0 Å². The van der Waals surface area contributed by atoms with E-state index in [-0.39, 0.29) is 23.0 Å². The van der Waals surface area contributed by atoms with Gasteiger partial charge in [-0.2, -0.15) is 0 Å². The molecule has 2 heterocycles. The lowest BCUT2D eigenvalue weighted by atomic mass is 9.66. The molecule has 0 bridgehead atoms. The molecule has 16 rings (SSSR count). The molecule has 0 saturated heterocycles. The highest BCUT2D eigenvalue weighted by atomic mass is 32.1. The van der Waals surface area contributed by atoms with E-state index in [1.165, 1.54) is 174 Å². The molecule has 0 spiro atoms. The van der Waals surface area contributed by atoms with Gasteiger partial charge in [-0.05, 0) is 198 Å². The summed E-state index contributed by atoms with van der Waals surface area (Å²) in [7, 11) is 0. The molecular formula is C106H92N4O2S2. The predicted octanol–water partition coefficient (Wildman–Crippen LogP) is 28.5. The fourth-order valence-corrected chi connectivity index (χ4v) is 21.7. The summed E-state index contributed by atoms with van der Waals surface area (Å²) < 4.78 is 2.54. The van der Waals surface area contributed by atoms with Crippen molar-refractivity contribution in [3.8, 4) is 33.0 Å². The van der Waals surface area contributed by atoms with Gasteiger partial charge in [-0.15, -0.1) is 22.7 Å². The van der Waals surface area contributed by atoms with Crippen LogP contribution in [0.15, 0.2) is 253 Å². The van der Waals surface area contributed by atoms with E-state index >= 15 is 0 Å². The lowest BCUT2D eigenvalue weighted by Gasteiger charge is -2.35. The van der Waals surface area contributed by atoms with Gasteiger partial charge in [-0.1, -0.05) is 311 Å². The van der Waals surface area contributed by atoms with Gasteiger partial charge < -0.3 is 0 Å². The number of aryl methyl sites for hydroxylation is 4. The second-order valence-electron chi connectivity index (χ2n) is 31.3. The van der Waals surface area contributed by atoms with E-state index in [0.717, 1.165) is 84.0 Å². The Morgan fingerprint density at radius 3 is 0.974 bits per heavy atom. The van der Waals surface area contributed by atoms with Crippen molar-refractivity contribution in [3.63, 3.8) is 0 Å². The third-order valence-electron chi connectivity index (χ3n) is 24.3. The highest BCUT2D eigenvalue weighted by Crippen LogP contribution is 2.69. The standard InChI is InChI=1S/C106H92N4O2S2/c1-7-11-15-19-29-69-41-51-79(52-42-69)105(80-53-43-70(44-54-80)30-20-16-12-8-2)91-61-73(33-27-39-85-95(93(67-107)109-5)87-63-75-35-23-25-37-77(75)65-89(87)99(85)111)49-59-83(91)101-97(105)103-104(113-101)98-102(114-103)84-60-50-74(34-28-40-86-96(94(68-108)110-6)88-64-76-36-24-26-38-78(76)66-90(88)100(86)112)62-92(84)106(98,81-55-45-71(46-56-81)31-21-17-13-9-3)82-57-47-72(48-58-82)32-22-18-14-10-4/h23-28,33-66H,7-22,29-32H2,1-4H3/b33-27+,34-28+,85-39-,86-40-,95-93-,96-94?. The molecular weight excluding hydrogens is 1430 g/mol. The largest absolute Gasteiger partial charge is 0.289 e. The van der Waals surface area contributed by atoms with Crippen LogP contribution in [0.4, 0.5) is 0 Å². The van der Waals surface area contributed by atoms with Crippen LogP contribution in [0.1, 0.15) is 240 Å². The fraction of sp³-hybridized carbons (Fsp3) is 0.245. The van der Waals surface area contributed by atoms with Crippen molar-refractivity contribution in [1.29, 1.82) is 10.5 Å². The van der Waals surface area contributed by atoms with Gasteiger partial charge in [-0.3, -0.25) is 9.59 Å². The number of benzene rings is 10. The van der Waals surface area contributed by atoms with Gasteiger partial charge >= 0.3 is 0 Å². The van der Waals surface area contributed by atoms with Gasteiger partial charge in [0.1, 0.15) is 0 Å². The van der Waals surface area contributed by atoms with Gasteiger partial charge in [0.25, 0.3) is 11.4 Å². The molecule has 0 unspecified atom stereocenters. The number of allylic oxidation sites excluding steroid dienone is 10. The van der Waals surface area contributed by atoms with Gasteiger partial charge in [0.05, 0.1) is 45.5 Å². The highest BCUT2D eigenvalue weighted by Gasteiger charge is 2.54. The van der Waals surface area contributed by atoms with E-state index in [4.69, 9.17) is 13.1 Å². The summed E-state index contributed by atoms with van der Waals surface area (Å²) in [5.74, 6) is -0.413. The second-order valence-corrected chi connectivity index (χ2v) is 33.4. The average Bonchev–Trinajstić information content (AvgIpc) is 1.49. The van der Waals surface area contributed by atoms with Crippen molar-refractivity contribution in [3.05, 3.63) is 376 Å². The molecule has 0 fully saturated rings. The quantitative estimate of drug-likeness (QED) is 0.0211. The molecule has 0 saturated carbocycles. The first-order chi connectivity index (χ1) is 56.0. The number of ketones is 2. The number of carbonyl (C=O) groups excluding carboxylic acids is 2. The van der Waals surface area contributed by atoms with Crippen LogP contribution in [0.5, 0.6) is 0 Å². The number of fused-ring (bicyclic) bond motifs is 13. The van der Waals surface area contributed by atoms with Gasteiger partial charge in [0.2, 0.25) is 0 Å². The Labute approximate surface area is 679 Å². The van der Waals surface area contributed by atoms with Crippen molar-refractivity contribution >= 4 is 88.5 Å². The molecule has 12 aromatic rings. The molecule has 10 aromatic carbocycles.